The molecule has 1 aliphatic rings. The predicted octanol–water partition coefficient (Wildman–Crippen LogP) is 1.94. The molecule has 0 saturated carbocycles. The van der Waals surface area contributed by atoms with Crippen molar-refractivity contribution >= 4 is 11.9 Å². The second-order valence-electron chi connectivity index (χ2n) is 6.58. The van der Waals surface area contributed by atoms with Gasteiger partial charge >= 0.3 is 6.03 Å². The first-order valence-electron chi connectivity index (χ1n) is 9.13. The van der Waals surface area contributed by atoms with Gasteiger partial charge in [0.1, 0.15) is 23.3 Å². The van der Waals surface area contributed by atoms with Gasteiger partial charge in [-0.05, 0) is 36.6 Å². The van der Waals surface area contributed by atoms with Gasteiger partial charge in [-0.3, -0.25) is 9.78 Å². The minimum Gasteiger partial charge on any atom is -0.497 e. The molecule has 1 aliphatic heterocycles. The third-order valence-corrected chi connectivity index (χ3v) is 4.55. The fourth-order valence-electron chi connectivity index (χ4n) is 3.06. The van der Waals surface area contributed by atoms with E-state index < -0.39 is 5.91 Å². The van der Waals surface area contributed by atoms with Gasteiger partial charge in [0.05, 0.1) is 13.7 Å². The first kappa shape index (κ1) is 19.5. The zero-order chi connectivity index (χ0) is 19.9. The number of likely N-dealkylation sites (tertiary alicyclic amines) is 1. The molecule has 1 fully saturated rings. The highest BCUT2D eigenvalue weighted by Crippen LogP contribution is 2.19. The molecule has 28 heavy (non-hydrogen) atoms. The average Bonchev–Trinajstić information content (AvgIpc) is 2.72. The minimum absolute atomic E-state index is 0.128. The quantitative estimate of drug-likeness (QED) is 0.792. The van der Waals surface area contributed by atoms with Crippen LogP contribution in [-0.2, 0) is 6.54 Å². The number of carbonyl (C=O) groups excluding carboxylic acids is 2. The summed E-state index contributed by atoms with van der Waals surface area (Å²) in [7, 11) is 1.62. The molecular weight excluding hydrogens is 360 g/mol. The number of urea groups is 1. The van der Waals surface area contributed by atoms with Crippen molar-refractivity contribution in [3.63, 3.8) is 0 Å². The van der Waals surface area contributed by atoms with Crippen LogP contribution in [-0.4, -0.2) is 48.1 Å². The van der Waals surface area contributed by atoms with E-state index in [0.29, 0.717) is 25.4 Å². The maximum atomic E-state index is 12.5. The van der Waals surface area contributed by atoms with Crippen molar-refractivity contribution in [3.8, 4) is 11.5 Å². The first-order valence-corrected chi connectivity index (χ1v) is 9.13. The average molecular weight is 384 g/mol. The van der Waals surface area contributed by atoms with Crippen molar-refractivity contribution in [1.82, 2.24) is 15.2 Å². The summed E-state index contributed by atoms with van der Waals surface area (Å²) in [5.41, 5.74) is 6.40. The third kappa shape index (κ3) is 5.12. The molecule has 3 N–H and O–H groups in total. The summed E-state index contributed by atoms with van der Waals surface area (Å²) >= 11 is 0. The van der Waals surface area contributed by atoms with Gasteiger partial charge in [-0.25, -0.2) is 4.79 Å². The Balaban J connectivity index is 1.52. The predicted molar refractivity (Wildman–Crippen MR) is 103 cm³/mol. The Morgan fingerprint density at radius 1 is 1.25 bits per heavy atom. The molecule has 3 rings (SSSR count). The van der Waals surface area contributed by atoms with Gasteiger partial charge in [0.15, 0.2) is 0 Å². The van der Waals surface area contributed by atoms with Crippen LogP contribution in [0.2, 0.25) is 0 Å². The maximum absolute atomic E-state index is 12.5. The van der Waals surface area contributed by atoms with Crippen LogP contribution in [0.25, 0.3) is 0 Å². The Hall–Kier alpha value is -3.29. The Kier molecular flexibility index (Phi) is 6.31. The second-order valence-corrected chi connectivity index (χ2v) is 6.58. The van der Waals surface area contributed by atoms with Gasteiger partial charge in [0, 0.05) is 25.4 Å². The van der Waals surface area contributed by atoms with Crippen molar-refractivity contribution in [2.24, 2.45) is 5.73 Å². The van der Waals surface area contributed by atoms with E-state index in [-0.39, 0.29) is 17.8 Å². The van der Waals surface area contributed by atoms with Crippen molar-refractivity contribution in [2.75, 3.05) is 20.2 Å². The van der Waals surface area contributed by atoms with Crippen molar-refractivity contribution in [3.05, 3.63) is 53.9 Å². The molecule has 0 aliphatic carbocycles. The van der Waals surface area contributed by atoms with Crippen LogP contribution in [0.5, 0.6) is 11.5 Å². The molecule has 2 heterocycles. The molecule has 0 radical (unpaired) electrons. The maximum Gasteiger partial charge on any atom is 0.317 e. The van der Waals surface area contributed by atoms with Crippen LogP contribution < -0.4 is 20.5 Å². The van der Waals surface area contributed by atoms with E-state index in [1.807, 2.05) is 24.3 Å². The standard InChI is InChI=1S/C20H24N4O4/c1-27-15-6-4-14(5-7-15)12-23-20(26)24-10-2-3-17(13-24)28-16-8-9-22-18(11-16)19(21)25/h4-9,11,17H,2-3,10,12-13H2,1H3,(H2,21,25)(H,23,26). The van der Waals surface area contributed by atoms with E-state index in [1.165, 1.54) is 12.3 Å². The lowest BCUT2D eigenvalue weighted by Gasteiger charge is -2.33. The van der Waals surface area contributed by atoms with Crippen LogP contribution in [0.4, 0.5) is 4.79 Å². The monoisotopic (exact) mass is 384 g/mol. The zero-order valence-electron chi connectivity index (χ0n) is 15.8. The van der Waals surface area contributed by atoms with E-state index in [4.69, 9.17) is 15.2 Å². The number of nitrogens with one attached hydrogen (secondary N) is 1. The molecule has 3 amide bonds. The van der Waals surface area contributed by atoms with Gasteiger partial charge in [-0.1, -0.05) is 12.1 Å². The number of primary amides is 1. The van der Waals surface area contributed by atoms with Crippen molar-refractivity contribution in [2.45, 2.75) is 25.5 Å². The van der Waals surface area contributed by atoms with Crippen molar-refractivity contribution in [1.29, 1.82) is 0 Å². The number of nitrogens with two attached hydrogens (primary N) is 1. The number of pyridine rings is 1. The van der Waals surface area contributed by atoms with Gasteiger partial charge in [-0.2, -0.15) is 0 Å². The summed E-state index contributed by atoms with van der Waals surface area (Å²) in [6, 6.07) is 10.6. The Morgan fingerprint density at radius 3 is 2.75 bits per heavy atom. The number of aromatic nitrogens is 1. The Bertz CT molecular complexity index is 825. The van der Waals surface area contributed by atoms with Gasteiger partial charge in [-0.15, -0.1) is 0 Å². The van der Waals surface area contributed by atoms with E-state index >= 15 is 0 Å². The lowest BCUT2D eigenvalue weighted by molar-refractivity contribution is 0.0981. The van der Waals surface area contributed by atoms with Crippen LogP contribution in [0.15, 0.2) is 42.6 Å². The summed E-state index contributed by atoms with van der Waals surface area (Å²) in [6.07, 6.45) is 3.01. The van der Waals surface area contributed by atoms with Crippen LogP contribution in [0.1, 0.15) is 28.9 Å². The highest BCUT2D eigenvalue weighted by Gasteiger charge is 2.25. The molecule has 1 aromatic heterocycles. The molecule has 1 atom stereocenters. The van der Waals surface area contributed by atoms with Crippen molar-refractivity contribution < 1.29 is 19.1 Å². The molecule has 1 aromatic carbocycles. The lowest BCUT2D eigenvalue weighted by Crippen LogP contribution is -2.48. The number of piperidine rings is 1. The van der Waals surface area contributed by atoms with Gasteiger partial charge < -0.3 is 25.4 Å². The fourth-order valence-corrected chi connectivity index (χ4v) is 3.06. The summed E-state index contributed by atoms with van der Waals surface area (Å²) in [5, 5.41) is 2.93. The number of ether oxygens (including phenoxy) is 2. The minimum atomic E-state index is -0.603. The lowest BCUT2D eigenvalue weighted by atomic mass is 10.1. The SMILES string of the molecule is COc1ccc(CNC(=O)N2CCCC(Oc3ccnc(C(N)=O)c3)C2)cc1. The molecule has 2 aromatic rings. The van der Waals surface area contributed by atoms with E-state index in [2.05, 4.69) is 10.3 Å². The van der Waals surface area contributed by atoms with E-state index in [9.17, 15) is 9.59 Å². The largest absolute Gasteiger partial charge is 0.497 e. The smallest absolute Gasteiger partial charge is 0.317 e. The number of rotatable bonds is 6. The summed E-state index contributed by atoms with van der Waals surface area (Å²) in [6.45, 7) is 1.59. The van der Waals surface area contributed by atoms with Crippen LogP contribution in [0, 0.1) is 0 Å². The number of carbonyl (C=O) groups is 2. The molecule has 0 bridgehead atoms. The number of benzene rings is 1. The molecule has 1 saturated heterocycles. The van der Waals surface area contributed by atoms with Gasteiger partial charge in [0.25, 0.3) is 5.91 Å². The third-order valence-electron chi connectivity index (χ3n) is 4.55. The number of methoxy groups -OCH3 is 1. The van der Waals surface area contributed by atoms with E-state index in [1.54, 1.807) is 18.1 Å². The summed E-state index contributed by atoms with van der Waals surface area (Å²) in [4.78, 5) is 29.4. The molecule has 0 spiro atoms. The Labute approximate surface area is 163 Å². The van der Waals surface area contributed by atoms with Crippen LogP contribution >= 0.6 is 0 Å². The first-order chi connectivity index (χ1) is 13.5. The topological polar surface area (TPSA) is 107 Å². The summed E-state index contributed by atoms with van der Waals surface area (Å²) in [5.74, 6) is 0.699. The number of hydrogen-bond acceptors (Lipinski definition) is 5. The number of hydrogen-bond donors (Lipinski definition) is 2. The summed E-state index contributed by atoms with van der Waals surface area (Å²) < 4.78 is 11.1. The number of nitrogens with zero attached hydrogens (tertiary/aromatic N) is 2. The Morgan fingerprint density at radius 2 is 2.04 bits per heavy atom. The molecule has 8 nitrogen and oxygen atoms in total. The molecule has 8 heteroatoms. The fraction of sp³-hybridized carbons (Fsp3) is 0.350. The van der Waals surface area contributed by atoms with E-state index in [0.717, 1.165) is 24.2 Å². The normalized spacial score (nSPS) is 16.3. The highest BCUT2D eigenvalue weighted by atomic mass is 16.5. The van der Waals surface area contributed by atoms with Gasteiger partial charge in [0.2, 0.25) is 0 Å². The zero-order valence-corrected chi connectivity index (χ0v) is 15.8. The second kappa shape index (κ2) is 9.07. The number of amides is 3. The highest BCUT2D eigenvalue weighted by molar-refractivity contribution is 5.91. The van der Waals surface area contributed by atoms with Crippen LogP contribution in [0.3, 0.4) is 0 Å². The molecular formula is C20H24N4O4. The molecule has 1 unspecified atom stereocenters. The molecule has 148 valence electrons.